The summed E-state index contributed by atoms with van der Waals surface area (Å²) in [6, 6.07) is 13.8. The van der Waals surface area contributed by atoms with Crippen molar-refractivity contribution in [3.8, 4) is 0 Å². The Labute approximate surface area is 136 Å². The number of H-pyrrole nitrogens is 1. The molecule has 0 atom stereocenters. The smallest absolute Gasteiger partial charge is 0.298 e. The Kier molecular flexibility index (Phi) is 3.23. The van der Waals surface area contributed by atoms with Crippen molar-refractivity contribution in [3.05, 3.63) is 76.1 Å². The molecule has 0 saturated heterocycles. The SMILES string of the molecule is Cc1nc2c([nH]c3ccc(F)cc32)c(=O)n1N=Cc1ccccc1. The number of nitrogens with zero attached hydrogens (tertiary/aromatic N) is 3. The average molecular weight is 320 g/mol. The van der Waals surface area contributed by atoms with Crippen LogP contribution in [0.2, 0.25) is 0 Å². The van der Waals surface area contributed by atoms with Crippen LogP contribution < -0.4 is 5.56 Å². The maximum absolute atomic E-state index is 13.5. The van der Waals surface area contributed by atoms with Crippen LogP contribution in [0, 0.1) is 12.7 Å². The lowest BCUT2D eigenvalue weighted by atomic mass is 10.2. The fraction of sp³-hybridized carbons (Fsp3) is 0.0556. The Hall–Kier alpha value is -3.28. The molecule has 118 valence electrons. The van der Waals surface area contributed by atoms with Gasteiger partial charge in [0.1, 0.15) is 22.7 Å². The van der Waals surface area contributed by atoms with Gasteiger partial charge in [-0.25, -0.2) is 9.37 Å². The normalized spacial score (nSPS) is 11.8. The van der Waals surface area contributed by atoms with Gasteiger partial charge in [0, 0.05) is 10.9 Å². The third-order valence-corrected chi connectivity index (χ3v) is 3.84. The molecule has 0 aliphatic carbocycles. The molecule has 4 rings (SSSR count). The number of hydrogen-bond acceptors (Lipinski definition) is 3. The zero-order valence-electron chi connectivity index (χ0n) is 12.8. The molecule has 0 bridgehead atoms. The lowest BCUT2D eigenvalue weighted by Gasteiger charge is -2.03. The van der Waals surface area contributed by atoms with Crippen LogP contribution in [0.3, 0.4) is 0 Å². The van der Waals surface area contributed by atoms with E-state index in [9.17, 15) is 9.18 Å². The molecule has 2 heterocycles. The van der Waals surface area contributed by atoms with Gasteiger partial charge < -0.3 is 4.98 Å². The number of aryl methyl sites for hydroxylation is 1. The lowest BCUT2D eigenvalue weighted by Crippen LogP contribution is -2.20. The van der Waals surface area contributed by atoms with Crippen molar-refractivity contribution in [2.45, 2.75) is 6.92 Å². The molecule has 0 radical (unpaired) electrons. The number of fused-ring (bicyclic) bond motifs is 3. The number of halogens is 1. The molecule has 24 heavy (non-hydrogen) atoms. The number of benzene rings is 2. The summed E-state index contributed by atoms with van der Waals surface area (Å²) < 4.78 is 14.7. The Bertz CT molecular complexity index is 1140. The first-order valence-electron chi connectivity index (χ1n) is 7.43. The molecule has 0 amide bonds. The van der Waals surface area contributed by atoms with Gasteiger partial charge in [0.05, 0.1) is 6.21 Å². The minimum Gasteiger partial charge on any atom is -0.349 e. The third kappa shape index (κ3) is 2.28. The molecule has 6 heteroatoms. The van der Waals surface area contributed by atoms with E-state index in [-0.39, 0.29) is 11.4 Å². The van der Waals surface area contributed by atoms with Crippen LogP contribution in [-0.2, 0) is 0 Å². The van der Waals surface area contributed by atoms with Crippen molar-refractivity contribution in [2.24, 2.45) is 5.10 Å². The summed E-state index contributed by atoms with van der Waals surface area (Å²) in [4.78, 5) is 20.1. The van der Waals surface area contributed by atoms with Crippen LogP contribution >= 0.6 is 0 Å². The van der Waals surface area contributed by atoms with Crippen LogP contribution in [-0.4, -0.2) is 20.9 Å². The number of aromatic amines is 1. The summed E-state index contributed by atoms with van der Waals surface area (Å²) in [7, 11) is 0. The third-order valence-electron chi connectivity index (χ3n) is 3.84. The van der Waals surface area contributed by atoms with Crippen LogP contribution in [0.15, 0.2) is 58.4 Å². The summed E-state index contributed by atoms with van der Waals surface area (Å²) >= 11 is 0. The van der Waals surface area contributed by atoms with Gasteiger partial charge in [0.25, 0.3) is 5.56 Å². The van der Waals surface area contributed by atoms with Crippen molar-refractivity contribution >= 4 is 28.2 Å². The van der Waals surface area contributed by atoms with Crippen LogP contribution in [0.4, 0.5) is 4.39 Å². The fourth-order valence-electron chi connectivity index (χ4n) is 2.68. The van der Waals surface area contributed by atoms with Crippen molar-refractivity contribution < 1.29 is 4.39 Å². The van der Waals surface area contributed by atoms with Gasteiger partial charge in [-0.2, -0.15) is 9.78 Å². The van der Waals surface area contributed by atoms with Crippen molar-refractivity contribution in [2.75, 3.05) is 0 Å². The summed E-state index contributed by atoms with van der Waals surface area (Å²) in [5, 5.41) is 4.82. The minimum absolute atomic E-state index is 0.311. The molecule has 0 unspecified atom stereocenters. The summed E-state index contributed by atoms with van der Waals surface area (Å²) in [6.07, 6.45) is 1.60. The number of aromatic nitrogens is 3. The van der Waals surface area contributed by atoms with Gasteiger partial charge in [-0.1, -0.05) is 30.3 Å². The number of hydrogen-bond donors (Lipinski definition) is 1. The first kappa shape index (κ1) is 14.3. The van der Waals surface area contributed by atoms with Crippen molar-refractivity contribution in [3.63, 3.8) is 0 Å². The predicted octanol–water partition coefficient (Wildman–Crippen LogP) is 3.21. The molecule has 0 aliphatic heterocycles. The highest BCUT2D eigenvalue weighted by molar-refractivity contribution is 6.04. The van der Waals surface area contributed by atoms with E-state index in [4.69, 9.17) is 0 Å². The Morgan fingerprint density at radius 3 is 2.79 bits per heavy atom. The highest BCUT2D eigenvalue weighted by Gasteiger charge is 2.13. The molecule has 5 nitrogen and oxygen atoms in total. The molecule has 4 aromatic rings. The van der Waals surface area contributed by atoms with E-state index >= 15 is 0 Å². The lowest BCUT2D eigenvalue weighted by molar-refractivity contribution is 0.630. The van der Waals surface area contributed by atoms with Crippen LogP contribution in [0.25, 0.3) is 21.9 Å². The monoisotopic (exact) mass is 320 g/mol. The van der Waals surface area contributed by atoms with Crippen molar-refractivity contribution in [1.29, 1.82) is 0 Å². The van der Waals surface area contributed by atoms with Gasteiger partial charge in [-0.05, 0) is 30.7 Å². The molecule has 2 aromatic heterocycles. The van der Waals surface area contributed by atoms with Crippen LogP contribution in [0.5, 0.6) is 0 Å². The highest BCUT2D eigenvalue weighted by Crippen LogP contribution is 2.22. The second-order valence-corrected chi connectivity index (χ2v) is 5.47. The van der Waals surface area contributed by atoms with E-state index in [0.29, 0.717) is 27.8 Å². The van der Waals surface area contributed by atoms with Crippen molar-refractivity contribution in [1.82, 2.24) is 14.6 Å². The van der Waals surface area contributed by atoms with Crippen LogP contribution in [0.1, 0.15) is 11.4 Å². The molecule has 0 fully saturated rings. The topological polar surface area (TPSA) is 63.0 Å². The van der Waals surface area contributed by atoms with E-state index in [1.54, 1.807) is 19.2 Å². The van der Waals surface area contributed by atoms with E-state index in [1.807, 2.05) is 30.3 Å². The Morgan fingerprint density at radius 1 is 1.21 bits per heavy atom. The second kappa shape index (κ2) is 5.42. The molecule has 0 saturated carbocycles. The average Bonchev–Trinajstić information content (AvgIpc) is 2.94. The van der Waals surface area contributed by atoms with E-state index in [1.165, 1.54) is 16.8 Å². The van der Waals surface area contributed by atoms with Gasteiger partial charge in [-0.15, -0.1) is 0 Å². The van der Waals surface area contributed by atoms with Gasteiger partial charge in [0.2, 0.25) is 0 Å². The van der Waals surface area contributed by atoms with E-state index in [0.717, 1.165) is 5.56 Å². The standard InChI is InChI=1S/C18H13FN4O/c1-11-21-16-14-9-13(19)7-8-15(14)22-17(16)18(24)23(11)20-10-12-5-3-2-4-6-12/h2-10,22H,1H3. The second-order valence-electron chi connectivity index (χ2n) is 5.47. The quantitative estimate of drug-likeness (QED) is 0.576. The highest BCUT2D eigenvalue weighted by atomic mass is 19.1. The molecular weight excluding hydrogens is 307 g/mol. The minimum atomic E-state index is -0.367. The molecule has 2 aromatic carbocycles. The maximum atomic E-state index is 13.5. The number of nitrogens with one attached hydrogen (secondary N) is 1. The fourth-order valence-corrected chi connectivity index (χ4v) is 2.68. The maximum Gasteiger partial charge on any atom is 0.298 e. The molecule has 0 aliphatic rings. The molecule has 0 spiro atoms. The predicted molar refractivity (Wildman–Crippen MR) is 92.0 cm³/mol. The molecule has 1 N–H and O–H groups in total. The Balaban J connectivity index is 1.93. The largest absolute Gasteiger partial charge is 0.349 e. The van der Waals surface area contributed by atoms with Gasteiger partial charge >= 0.3 is 0 Å². The first-order chi connectivity index (χ1) is 11.6. The summed E-state index contributed by atoms with van der Waals surface area (Å²) in [5.41, 5.74) is 1.99. The zero-order chi connectivity index (χ0) is 16.7. The van der Waals surface area contributed by atoms with Gasteiger partial charge in [-0.3, -0.25) is 4.79 Å². The molecular formula is C18H13FN4O. The summed E-state index contributed by atoms with van der Waals surface area (Å²) in [5.74, 6) is 0.0685. The number of rotatable bonds is 2. The van der Waals surface area contributed by atoms with E-state index in [2.05, 4.69) is 15.1 Å². The van der Waals surface area contributed by atoms with E-state index < -0.39 is 0 Å². The zero-order valence-corrected chi connectivity index (χ0v) is 12.8. The van der Waals surface area contributed by atoms with Gasteiger partial charge in [0.15, 0.2) is 0 Å². The first-order valence-corrected chi connectivity index (χ1v) is 7.43. The summed E-state index contributed by atoms with van der Waals surface area (Å²) in [6.45, 7) is 1.70. The Morgan fingerprint density at radius 2 is 2.00 bits per heavy atom.